The average Bonchev–Trinajstić information content (AvgIpc) is 3.45. The van der Waals surface area contributed by atoms with E-state index in [9.17, 15) is 4.79 Å². The number of carbonyl (C=O) groups excluding carboxylic acids is 1. The monoisotopic (exact) mass is 462 g/mol. The zero-order chi connectivity index (χ0) is 23.2. The van der Waals surface area contributed by atoms with E-state index in [-0.39, 0.29) is 6.03 Å². The van der Waals surface area contributed by atoms with Crippen molar-refractivity contribution in [2.45, 2.75) is 46.1 Å². The molecule has 4 aromatic rings. The van der Waals surface area contributed by atoms with Gasteiger partial charge in [-0.2, -0.15) is 5.10 Å². The van der Waals surface area contributed by atoms with Gasteiger partial charge in [0.05, 0.1) is 32.8 Å². The molecule has 0 bridgehead atoms. The lowest BCUT2D eigenvalue weighted by Gasteiger charge is -2.13. The van der Waals surface area contributed by atoms with Crippen molar-refractivity contribution in [3.05, 3.63) is 64.8 Å². The van der Waals surface area contributed by atoms with Gasteiger partial charge in [0.25, 0.3) is 0 Å². The van der Waals surface area contributed by atoms with E-state index in [4.69, 9.17) is 5.10 Å². The summed E-state index contributed by atoms with van der Waals surface area (Å²) in [4.78, 5) is 17.3. The molecule has 0 unspecified atom stereocenters. The third-order valence-corrected chi connectivity index (χ3v) is 6.45. The Bertz CT molecular complexity index is 1240. The van der Waals surface area contributed by atoms with Crippen molar-refractivity contribution < 1.29 is 4.79 Å². The highest BCUT2D eigenvalue weighted by Gasteiger charge is 2.15. The second-order valence-electron chi connectivity index (χ2n) is 7.96. The average molecular weight is 463 g/mol. The molecule has 0 aliphatic rings. The Hall–Kier alpha value is -3.23. The summed E-state index contributed by atoms with van der Waals surface area (Å²) in [6.45, 7) is 5.10. The highest BCUT2D eigenvalue weighted by atomic mass is 32.1. The number of anilines is 2. The number of hydrogen-bond acceptors (Lipinski definition) is 5. The van der Waals surface area contributed by atoms with Crippen LogP contribution in [0.25, 0.3) is 15.9 Å². The van der Waals surface area contributed by atoms with Gasteiger partial charge >= 0.3 is 6.03 Å². The van der Waals surface area contributed by atoms with Gasteiger partial charge in [-0.1, -0.05) is 32.4 Å². The van der Waals surface area contributed by atoms with Crippen molar-refractivity contribution in [3.63, 3.8) is 0 Å². The fourth-order valence-corrected chi connectivity index (χ4v) is 4.65. The lowest BCUT2D eigenvalue weighted by molar-refractivity contribution is 0.262. The molecule has 2 amide bonds. The SMILES string of the molecule is CCCCc1cc(NC(=O)Nc2cccc3ncsc23)n(-c2ccc(CC)c(CNC)c2)n1. The van der Waals surface area contributed by atoms with Gasteiger partial charge in [-0.05, 0) is 61.7 Å². The summed E-state index contributed by atoms with van der Waals surface area (Å²) in [5.41, 5.74) is 7.83. The van der Waals surface area contributed by atoms with Crippen molar-refractivity contribution in [1.29, 1.82) is 0 Å². The Morgan fingerprint density at radius 1 is 1.09 bits per heavy atom. The van der Waals surface area contributed by atoms with E-state index >= 15 is 0 Å². The number of unbranched alkanes of at least 4 members (excludes halogenated alkanes) is 1. The number of carbonyl (C=O) groups is 1. The standard InChI is InChI=1S/C25H30N6OS/c1-4-6-8-19-14-23(29-25(32)28-22-10-7-9-21-24(22)33-16-27-21)31(30-19)20-12-11-17(5-2)18(13-20)15-26-3/h7,9-14,16,26H,4-6,8,15H2,1-3H3,(H2,28,29,32). The Morgan fingerprint density at radius 2 is 1.97 bits per heavy atom. The molecule has 33 heavy (non-hydrogen) atoms. The quantitative estimate of drug-likeness (QED) is 0.296. The lowest BCUT2D eigenvalue weighted by atomic mass is 10.0. The van der Waals surface area contributed by atoms with Crippen molar-refractivity contribution in [3.8, 4) is 5.69 Å². The molecule has 0 saturated carbocycles. The predicted octanol–water partition coefficient (Wildman–Crippen LogP) is 5.75. The molecule has 0 atom stereocenters. The minimum atomic E-state index is -0.306. The van der Waals surface area contributed by atoms with E-state index in [0.717, 1.165) is 59.5 Å². The van der Waals surface area contributed by atoms with Crippen molar-refractivity contribution >= 4 is 39.1 Å². The summed E-state index contributed by atoms with van der Waals surface area (Å²) in [7, 11) is 1.95. The molecule has 7 nitrogen and oxygen atoms in total. The zero-order valence-electron chi connectivity index (χ0n) is 19.3. The molecule has 2 aromatic carbocycles. The highest BCUT2D eigenvalue weighted by molar-refractivity contribution is 7.17. The summed E-state index contributed by atoms with van der Waals surface area (Å²) in [6.07, 6.45) is 3.98. The molecular weight excluding hydrogens is 432 g/mol. The largest absolute Gasteiger partial charge is 0.324 e. The molecule has 0 aliphatic heterocycles. The summed E-state index contributed by atoms with van der Waals surface area (Å²) in [6, 6.07) is 13.7. The van der Waals surface area contributed by atoms with Crippen LogP contribution >= 0.6 is 11.3 Å². The highest BCUT2D eigenvalue weighted by Crippen LogP contribution is 2.27. The third kappa shape index (κ3) is 5.23. The number of nitrogens with zero attached hydrogens (tertiary/aromatic N) is 3. The van der Waals surface area contributed by atoms with Gasteiger partial charge in [-0.3, -0.25) is 5.32 Å². The molecule has 2 heterocycles. The Labute approximate surface area is 198 Å². The number of amides is 2. The summed E-state index contributed by atoms with van der Waals surface area (Å²) in [5.74, 6) is 0.648. The first-order valence-electron chi connectivity index (χ1n) is 11.4. The van der Waals surface area contributed by atoms with Gasteiger partial charge in [0.15, 0.2) is 0 Å². The fourth-order valence-electron chi connectivity index (χ4n) is 3.89. The molecule has 0 saturated heterocycles. The number of aromatic nitrogens is 3. The number of fused-ring (bicyclic) bond motifs is 1. The first-order chi connectivity index (χ1) is 16.1. The number of nitrogens with one attached hydrogen (secondary N) is 3. The van der Waals surface area contributed by atoms with E-state index in [2.05, 4.69) is 53.0 Å². The topological polar surface area (TPSA) is 83.9 Å². The van der Waals surface area contributed by atoms with E-state index in [1.165, 1.54) is 22.5 Å². The minimum Gasteiger partial charge on any atom is -0.316 e. The van der Waals surface area contributed by atoms with Gasteiger partial charge < -0.3 is 10.6 Å². The third-order valence-electron chi connectivity index (χ3n) is 5.58. The molecule has 0 radical (unpaired) electrons. The molecule has 0 fully saturated rings. The molecule has 172 valence electrons. The molecule has 3 N–H and O–H groups in total. The van der Waals surface area contributed by atoms with Gasteiger partial charge in [-0.15, -0.1) is 11.3 Å². The molecule has 2 aromatic heterocycles. The van der Waals surface area contributed by atoms with Crippen LogP contribution in [0.5, 0.6) is 0 Å². The first-order valence-corrected chi connectivity index (χ1v) is 12.3. The Balaban J connectivity index is 1.63. The van der Waals surface area contributed by atoms with Crippen LogP contribution in [0.2, 0.25) is 0 Å². The maximum absolute atomic E-state index is 12.9. The maximum Gasteiger partial charge on any atom is 0.324 e. The second-order valence-corrected chi connectivity index (χ2v) is 8.81. The van der Waals surface area contributed by atoms with E-state index < -0.39 is 0 Å². The minimum absolute atomic E-state index is 0.306. The van der Waals surface area contributed by atoms with Crippen LogP contribution in [0.15, 0.2) is 48.0 Å². The van der Waals surface area contributed by atoms with Crippen LogP contribution in [-0.4, -0.2) is 27.8 Å². The molecule has 8 heteroatoms. The van der Waals surface area contributed by atoms with Crippen LogP contribution < -0.4 is 16.0 Å². The van der Waals surface area contributed by atoms with Gasteiger partial charge in [0, 0.05) is 12.6 Å². The smallest absolute Gasteiger partial charge is 0.316 e. The van der Waals surface area contributed by atoms with Crippen molar-refractivity contribution in [2.75, 3.05) is 17.7 Å². The molecule has 4 rings (SSSR count). The van der Waals surface area contributed by atoms with Gasteiger partial charge in [0.2, 0.25) is 0 Å². The van der Waals surface area contributed by atoms with Crippen LogP contribution in [0.4, 0.5) is 16.3 Å². The van der Waals surface area contributed by atoms with Crippen molar-refractivity contribution in [1.82, 2.24) is 20.1 Å². The Morgan fingerprint density at radius 3 is 2.76 bits per heavy atom. The normalized spacial score (nSPS) is 11.1. The number of rotatable bonds is 9. The van der Waals surface area contributed by atoms with E-state index in [1.807, 2.05) is 36.0 Å². The molecular formula is C25H30N6OS. The number of aryl methyl sites for hydroxylation is 2. The van der Waals surface area contributed by atoms with Crippen LogP contribution in [0.3, 0.4) is 0 Å². The first kappa shape index (κ1) is 22.9. The Kier molecular flexibility index (Phi) is 7.36. The zero-order valence-corrected chi connectivity index (χ0v) is 20.1. The van der Waals surface area contributed by atoms with E-state index in [0.29, 0.717) is 5.82 Å². The summed E-state index contributed by atoms with van der Waals surface area (Å²) < 4.78 is 2.79. The molecule has 0 spiro atoms. The number of thiazole rings is 1. The predicted molar refractivity (Wildman–Crippen MR) is 137 cm³/mol. The number of urea groups is 1. The van der Waals surface area contributed by atoms with Crippen LogP contribution in [0.1, 0.15) is 43.5 Å². The maximum atomic E-state index is 12.9. The van der Waals surface area contributed by atoms with E-state index in [1.54, 1.807) is 5.51 Å². The summed E-state index contributed by atoms with van der Waals surface area (Å²) in [5, 5.41) is 14.0. The molecule has 0 aliphatic carbocycles. The van der Waals surface area contributed by atoms with Gasteiger partial charge in [0.1, 0.15) is 5.82 Å². The fraction of sp³-hybridized carbons (Fsp3) is 0.320. The number of hydrogen-bond donors (Lipinski definition) is 3. The van der Waals surface area contributed by atoms with Gasteiger partial charge in [-0.25, -0.2) is 14.5 Å². The van der Waals surface area contributed by atoms with Crippen LogP contribution in [0, 0.1) is 0 Å². The van der Waals surface area contributed by atoms with Crippen LogP contribution in [-0.2, 0) is 19.4 Å². The summed E-state index contributed by atoms with van der Waals surface area (Å²) >= 11 is 1.51. The van der Waals surface area contributed by atoms with Crippen molar-refractivity contribution in [2.24, 2.45) is 0 Å². The lowest BCUT2D eigenvalue weighted by Crippen LogP contribution is -2.21. The second kappa shape index (κ2) is 10.6. The number of benzene rings is 2.